The summed E-state index contributed by atoms with van der Waals surface area (Å²) in [5.41, 5.74) is 10.7. The van der Waals surface area contributed by atoms with Crippen molar-refractivity contribution < 1.29 is 8.78 Å². The zero-order valence-corrected chi connectivity index (χ0v) is 8.14. The molecule has 0 aromatic heterocycles. The molecule has 76 valence electrons. The van der Waals surface area contributed by atoms with Gasteiger partial charge >= 0.3 is 0 Å². The van der Waals surface area contributed by atoms with Gasteiger partial charge in [-0.3, -0.25) is 0 Å². The van der Waals surface area contributed by atoms with Crippen LogP contribution in [0, 0.1) is 0 Å². The third kappa shape index (κ3) is 8.20. The summed E-state index contributed by atoms with van der Waals surface area (Å²) in [5.74, 6) is 0. The Bertz CT molecular complexity index is 122. The Morgan fingerprint density at radius 2 is 1.75 bits per heavy atom. The van der Waals surface area contributed by atoms with Crippen molar-refractivity contribution in [2.24, 2.45) is 11.5 Å². The molecule has 4 N–H and O–H groups in total. The highest BCUT2D eigenvalue weighted by Crippen LogP contribution is 2.06. The van der Waals surface area contributed by atoms with E-state index < -0.39 is 12.5 Å². The molecule has 0 saturated heterocycles. The van der Waals surface area contributed by atoms with Gasteiger partial charge in [0.15, 0.2) is 0 Å². The average molecular weight is 223 g/mol. The predicted molar refractivity (Wildman–Crippen MR) is 51.3 cm³/mol. The van der Waals surface area contributed by atoms with E-state index in [0.29, 0.717) is 5.57 Å². The van der Waals surface area contributed by atoms with E-state index in [2.05, 4.69) is 6.58 Å². The fourth-order valence-corrected chi connectivity index (χ4v) is 0.506. The number of alkyl halides is 2. The van der Waals surface area contributed by atoms with Crippen LogP contribution in [0.4, 0.5) is 8.78 Å². The number of hydrogen-bond acceptors (Lipinski definition) is 2. The van der Waals surface area contributed by atoms with E-state index in [1.165, 1.54) is 0 Å². The summed E-state index contributed by atoms with van der Waals surface area (Å²) in [4.78, 5) is 0. The van der Waals surface area contributed by atoms with Crippen LogP contribution in [0.15, 0.2) is 12.2 Å². The Morgan fingerprint density at radius 1 is 1.33 bits per heavy atom. The summed E-state index contributed by atoms with van der Waals surface area (Å²) < 4.78 is 23.4. The summed E-state index contributed by atoms with van der Waals surface area (Å²) in [7, 11) is 0. The largest absolute Gasteiger partial charge is 0.327 e. The molecule has 0 amide bonds. The SMILES string of the molecule is C=C(CN)CC(N)C(F)F.Cl.Cl. The second kappa shape index (κ2) is 9.19. The molecule has 6 heteroatoms. The van der Waals surface area contributed by atoms with E-state index in [1.54, 1.807) is 0 Å². The molecule has 0 heterocycles. The lowest BCUT2D eigenvalue weighted by Crippen LogP contribution is -2.29. The van der Waals surface area contributed by atoms with Crippen molar-refractivity contribution in [2.75, 3.05) is 6.54 Å². The molecule has 0 saturated carbocycles. The zero-order valence-electron chi connectivity index (χ0n) is 6.50. The van der Waals surface area contributed by atoms with Gasteiger partial charge in [-0.1, -0.05) is 12.2 Å². The second-order valence-corrected chi connectivity index (χ2v) is 2.16. The highest BCUT2D eigenvalue weighted by molar-refractivity contribution is 5.85. The molecule has 1 unspecified atom stereocenters. The van der Waals surface area contributed by atoms with Crippen molar-refractivity contribution in [3.05, 3.63) is 12.2 Å². The first-order valence-corrected chi connectivity index (χ1v) is 2.98. The van der Waals surface area contributed by atoms with Crippen LogP contribution in [0.5, 0.6) is 0 Å². The van der Waals surface area contributed by atoms with Crippen LogP contribution in [-0.4, -0.2) is 19.0 Å². The van der Waals surface area contributed by atoms with Gasteiger partial charge in [-0.2, -0.15) is 0 Å². The molecule has 12 heavy (non-hydrogen) atoms. The maximum Gasteiger partial charge on any atom is 0.253 e. The van der Waals surface area contributed by atoms with Crippen LogP contribution < -0.4 is 11.5 Å². The van der Waals surface area contributed by atoms with Crippen molar-refractivity contribution in [1.29, 1.82) is 0 Å². The minimum absolute atomic E-state index is 0. The standard InChI is InChI=1S/C6H12F2N2.2ClH/c1-4(3-9)2-5(10)6(7)8;;/h5-6H,1-3,9-10H2;2*1H. The van der Waals surface area contributed by atoms with Crippen LogP contribution in [0.3, 0.4) is 0 Å². The Morgan fingerprint density at radius 3 is 2.00 bits per heavy atom. The smallest absolute Gasteiger partial charge is 0.253 e. The van der Waals surface area contributed by atoms with Gasteiger partial charge < -0.3 is 11.5 Å². The number of rotatable bonds is 4. The molecule has 0 radical (unpaired) electrons. The van der Waals surface area contributed by atoms with Crippen LogP contribution in [0.1, 0.15) is 6.42 Å². The van der Waals surface area contributed by atoms with Crippen LogP contribution in [-0.2, 0) is 0 Å². The molecule has 2 nitrogen and oxygen atoms in total. The highest BCUT2D eigenvalue weighted by atomic mass is 35.5. The monoisotopic (exact) mass is 222 g/mol. The number of nitrogens with two attached hydrogens (primary N) is 2. The highest BCUT2D eigenvalue weighted by Gasteiger charge is 2.14. The maximum absolute atomic E-state index is 11.7. The fourth-order valence-electron chi connectivity index (χ4n) is 0.506. The number of hydrogen-bond donors (Lipinski definition) is 2. The van der Waals surface area contributed by atoms with Crippen molar-refractivity contribution in [2.45, 2.75) is 18.9 Å². The molecule has 0 bridgehead atoms. The lowest BCUT2D eigenvalue weighted by Gasteiger charge is -2.10. The first-order valence-electron chi connectivity index (χ1n) is 2.98. The van der Waals surface area contributed by atoms with E-state index in [9.17, 15) is 8.78 Å². The molecule has 0 aliphatic carbocycles. The quantitative estimate of drug-likeness (QED) is 0.706. The van der Waals surface area contributed by atoms with Gasteiger partial charge in [-0.15, -0.1) is 24.8 Å². The average Bonchev–Trinajstić information content (AvgIpc) is 1.87. The Kier molecular flexibility index (Phi) is 13.8. The topological polar surface area (TPSA) is 52.0 Å². The van der Waals surface area contributed by atoms with Crippen molar-refractivity contribution in [1.82, 2.24) is 0 Å². The Hall–Kier alpha value is 0.100. The van der Waals surface area contributed by atoms with Crippen LogP contribution in [0.25, 0.3) is 0 Å². The molecule has 0 aliphatic heterocycles. The van der Waals surface area contributed by atoms with Gasteiger partial charge in [0.2, 0.25) is 0 Å². The van der Waals surface area contributed by atoms with Crippen molar-refractivity contribution in [3.63, 3.8) is 0 Å². The predicted octanol–water partition coefficient (Wildman–Crippen LogP) is 1.33. The van der Waals surface area contributed by atoms with Gasteiger partial charge in [-0.25, -0.2) is 8.78 Å². The van der Waals surface area contributed by atoms with Crippen LogP contribution >= 0.6 is 24.8 Å². The van der Waals surface area contributed by atoms with E-state index >= 15 is 0 Å². The van der Waals surface area contributed by atoms with Gasteiger partial charge in [0.1, 0.15) is 0 Å². The molecule has 0 aromatic rings. The summed E-state index contributed by atoms with van der Waals surface area (Å²) >= 11 is 0. The van der Waals surface area contributed by atoms with E-state index in [-0.39, 0.29) is 37.8 Å². The van der Waals surface area contributed by atoms with E-state index in [4.69, 9.17) is 11.5 Å². The first kappa shape index (κ1) is 18.0. The molecule has 0 aliphatic rings. The molecule has 0 aromatic carbocycles. The number of halogens is 4. The lowest BCUT2D eigenvalue weighted by atomic mass is 10.1. The molecular formula is C6H14Cl2F2N2. The van der Waals surface area contributed by atoms with Crippen molar-refractivity contribution in [3.8, 4) is 0 Å². The minimum Gasteiger partial charge on any atom is -0.327 e. The van der Waals surface area contributed by atoms with Crippen LogP contribution in [0.2, 0.25) is 0 Å². The molecule has 0 fully saturated rings. The fraction of sp³-hybridized carbons (Fsp3) is 0.667. The molecule has 1 atom stereocenters. The van der Waals surface area contributed by atoms with Gasteiger partial charge in [0, 0.05) is 6.54 Å². The summed E-state index contributed by atoms with van der Waals surface area (Å²) in [6, 6.07) is -1.11. The summed E-state index contributed by atoms with van der Waals surface area (Å²) in [6.45, 7) is 3.68. The van der Waals surface area contributed by atoms with Gasteiger partial charge in [0.25, 0.3) is 6.43 Å². The summed E-state index contributed by atoms with van der Waals surface area (Å²) in [6.07, 6.45) is -2.38. The minimum atomic E-state index is -2.48. The van der Waals surface area contributed by atoms with Gasteiger partial charge in [0.05, 0.1) is 6.04 Å². The lowest BCUT2D eigenvalue weighted by molar-refractivity contribution is 0.116. The maximum atomic E-state index is 11.7. The van der Waals surface area contributed by atoms with E-state index in [1.807, 2.05) is 0 Å². The second-order valence-electron chi connectivity index (χ2n) is 2.16. The zero-order chi connectivity index (χ0) is 8.15. The molecule has 0 spiro atoms. The first-order chi connectivity index (χ1) is 4.57. The normalized spacial score (nSPS) is 11.4. The Labute approximate surface area is 83.2 Å². The van der Waals surface area contributed by atoms with E-state index in [0.717, 1.165) is 0 Å². The Balaban J connectivity index is -0.000000405. The third-order valence-electron chi connectivity index (χ3n) is 1.14. The third-order valence-corrected chi connectivity index (χ3v) is 1.14. The summed E-state index contributed by atoms with van der Waals surface area (Å²) in [5, 5.41) is 0. The van der Waals surface area contributed by atoms with Crippen molar-refractivity contribution >= 4 is 24.8 Å². The molecular weight excluding hydrogens is 209 g/mol. The van der Waals surface area contributed by atoms with Gasteiger partial charge in [-0.05, 0) is 6.42 Å². The molecule has 0 rings (SSSR count).